The molecule has 32 heavy (non-hydrogen) atoms. The number of hydrogen-bond donors (Lipinski definition) is 2. The average Bonchev–Trinajstić information content (AvgIpc) is 3.09. The van der Waals surface area contributed by atoms with Crippen LogP contribution in [0.2, 0.25) is 0 Å². The van der Waals surface area contributed by atoms with E-state index in [0.29, 0.717) is 0 Å². The molecule has 2 N–H and O–H groups in total. The molecule has 0 saturated carbocycles. The van der Waals surface area contributed by atoms with E-state index in [1.54, 1.807) is 0 Å². The molecule has 2 aromatic rings. The van der Waals surface area contributed by atoms with E-state index in [4.69, 9.17) is 9.84 Å². The van der Waals surface area contributed by atoms with Crippen LogP contribution in [0.3, 0.4) is 0 Å². The molecule has 2 aromatic carbocycles. The van der Waals surface area contributed by atoms with E-state index in [-0.39, 0.29) is 30.8 Å². The van der Waals surface area contributed by atoms with Crippen molar-refractivity contribution in [2.24, 2.45) is 5.92 Å². The van der Waals surface area contributed by atoms with Crippen LogP contribution in [0.4, 0.5) is 4.79 Å². The summed E-state index contributed by atoms with van der Waals surface area (Å²) in [6, 6.07) is 14.8. The van der Waals surface area contributed by atoms with Crippen molar-refractivity contribution in [3.05, 3.63) is 59.7 Å². The molecule has 0 bridgehead atoms. The van der Waals surface area contributed by atoms with Gasteiger partial charge in [-0.2, -0.15) is 0 Å². The second kappa shape index (κ2) is 9.85. The van der Waals surface area contributed by atoms with Crippen molar-refractivity contribution in [3.63, 3.8) is 0 Å². The first-order valence-corrected chi connectivity index (χ1v) is 10.8. The molecule has 0 unspecified atom stereocenters. The van der Waals surface area contributed by atoms with E-state index in [1.807, 2.05) is 38.1 Å². The molecule has 0 spiro atoms. The van der Waals surface area contributed by atoms with E-state index in [9.17, 15) is 14.4 Å². The van der Waals surface area contributed by atoms with Crippen LogP contribution in [-0.2, 0) is 14.3 Å². The third-order valence-corrected chi connectivity index (χ3v) is 6.18. The van der Waals surface area contributed by atoms with Gasteiger partial charge in [0.25, 0.3) is 0 Å². The summed E-state index contributed by atoms with van der Waals surface area (Å²) in [5.41, 5.74) is 4.56. The molecular weight excluding hydrogens is 408 g/mol. The van der Waals surface area contributed by atoms with Gasteiger partial charge in [0, 0.05) is 25.4 Å². The Morgan fingerprint density at radius 2 is 1.53 bits per heavy atom. The first kappa shape index (κ1) is 23.3. The number of ether oxygens (including phenoxy) is 1. The van der Waals surface area contributed by atoms with Crippen molar-refractivity contribution in [1.29, 1.82) is 0 Å². The molecule has 3 rings (SSSR count). The number of fused-ring (bicyclic) bond motifs is 3. The van der Waals surface area contributed by atoms with Crippen molar-refractivity contribution in [3.8, 4) is 11.1 Å². The van der Waals surface area contributed by atoms with Gasteiger partial charge in [0.15, 0.2) is 0 Å². The minimum Gasteiger partial charge on any atom is -0.480 e. The maximum absolute atomic E-state index is 12.6. The van der Waals surface area contributed by atoms with Gasteiger partial charge in [-0.15, -0.1) is 0 Å². The zero-order chi connectivity index (χ0) is 23.4. The number of carbonyl (C=O) groups excluding carboxylic acids is 2. The zero-order valence-corrected chi connectivity index (χ0v) is 18.9. The number of carboxylic acids is 1. The van der Waals surface area contributed by atoms with Crippen LogP contribution in [0.1, 0.15) is 44.2 Å². The molecule has 2 atom stereocenters. The van der Waals surface area contributed by atoms with Crippen LogP contribution in [0.5, 0.6) is 0 Å². The Morgan fingerprint density at radius 1 is 1.00 bits per heavy atom. The Hall–Kier alpha value is -3.35. The number of amides is 2. The monoisotopic (exact) mass is 438 g/mol. The fourth-order valence-corrected chi connectivity index (χ4v) is 3.96. The smallest absolute Gasteiger partial charge is 0.407 e. The molecule has 0 aromatic heterocycles. The minimum absolute atomic E-state index is 0.00399. The minimum atomic E-state index is -1.08. The molecule has 1 aliphatic carbocycles. The lowest BCUT2D eigenvalue weighted by atomic mass is 9.98. The van der Waals surface area contributed by atoms with Crippen LogP contribution < -0.4 is 5.32 Å². The Balaban J connectivity index is 1.63. The van der Waals surface area contributed by atoms with Crippen LogP contribution in [0.15, 0.2) is 48.5 Å². The summed E-state index contributed by atoms with van der Waals surface area (Å²) >= 11 is 0. The maximum Gasteiger partial charge on any atom is 0.407 e. The fourth-order valence-electron chi connectivity index (χ4n) is 3.96. The predicted octanol–water partition coefficient (Wildman–Crippen LogP) is 3.87. The Bertz CT molecular complexity index is 958. The van der Waals surface area contributed by atoms with Gasteiger partial charge in [0.05, 0.1) is 0 Å². The lowest BCUT2D eigenvalue weighted by Crippen LogP contribution is -2.46. The topological polar surface area (TPSA) is 95.9 Å². The zero-order valence-electron chi connectivity index (χ0n) is 18.9. The molecule has 0 aliphatic heterocycles. The van der Waals surface area contributed by atoms with Crippen LogP contribution in [-0.4, -0.2) is 53.7 Å². The van der Waals surface area contributed by atoms with Gasteiger partial charge in [0.2, 0.25) is 5.91 Å². The molecule has 7 nitrogen and oxygen atoms in total. The van der Waals surface area contributed by atoms with Gasteiger partial charge in [-0.05, 0) is 35.1 Å². The first-order chi connectivity index (χ1) is 15.2. The summed E-state index contributed by atoms with van der Waals surface area (Å²) in [5.74, 6) is -1.51. The van der Waals surface area contributed by atoms with Crippen molar-refractivity contribution in [2.75, 3.05) is 13.7 Å². The number of rotatable bonds is 8. The second-order valence-corrected chi connectivity index (χ2v) is 8.54. The highest BCUT2D eigenvalue weighted by atomic mass is 16.5. The number of benzene rings is 2. The Morgan fingerprint density at radius 3 is 2.03 bits per heavy atom. The second-order valence-electron chi connectivity index (χ2n) is 8.54. The van der Waals surface area contributed by atoms with Crippen molar-refractivity contribution in [1.82, 2.24) is 10.2 Å². The third-order valence-electron chi connectivity index (χ3n) is 6.18. The molecule has 0 saturated heterocycles. The Labute approximate surface area is 188 Å². The average molecular weight is 439 g/mol. The molecular formula is C25H30N2O5. The maximum atomic E-state index is 12.6. The lowest BCUT2D eigenvalue weighted by molar-refractivity contribution is -0.148. The molecule has 0 fully saturated rings. The van der Waals surface area contributed by atoms with E-state index in [1.165, 1.54) is 18.9 Å². The van der Waals surface area contributed by atoms with Crippen molar-refractivity contribution in [2.45, 2.75) is 45.2 Å². The number of nitrogens with one attached hydrogen (secondary N) is 1. The molecule has 170 valence electrons. The van der Waals surface area contributed by atoms with Crippen molar-refractivity contribution < 1.29 is 24.2 Å². The van der Waals surface area contributed by atoms with E-state index in [2.05, 4.69) is 29.6 Å². The van der Waals surface area contributed by atoms with Crippen LogP contribution >= 0.6 is 0 Å². The predicted molar refractivity (Wildman–Crippen MR) is 121 cm³/mol. The van der Waals surface area contributed by atoms with Gasteiger partial charge >= 0.3 is 12.1 Å². The molecule has 0 heterocycles. The Kier molecular flexibility index (Phi) is 7.18. The SMILES string of the molecule is CC(C)[C@@H](CC(=O)N(C)[C@@H](C)C(=O)O)NC(=O)OCC1c2ccccc2-c2ccccc21. The van der Waals surface area contributed by atoms with Gasteiger partial charge in [-0.3, -0.25) is 4.79 Å². The number of nitrogens with zero attached hydrogens (tertiary/aromatic N) is 1. The summed E-state index contributed by atoms with van der Waals surface area (Å²) in [7, 11) is 1.45. The third kappa shape index (κ3) is 4.93. The highest BCUT2D eigenvalue weighted by Crippen LogP contribution is 2.44. The number of hydrogen-bond acceptors (Lipinski definition) is 4. The van der Waals surface area contributed by atoms with E-state index >= 15 is 0 Å². The van der Waals surface area contributed by atoms with Gasteiger partial charge in [-0.1, -0.05) is 62.4 Å². The molecule has 1 aliphatic rings. The summed E-state index contributed by atoms with van der Waals surface area (Å²) in [4.78, 5) is 37.4. The standard InChI is InChI=1S/C25H30N2O5/c1-15(2)22(13-23(28)27(4)16(3)24(29)30)26-25(31)32-14-21-19-11-7-5-9-17(19)18-10-6-8-12-20(18)21/h5-12,15-16,21-22H,13-14H2,1-4H3,(H,26,31)(H,29,30)/t16-,22+/m0/s1. The van der Waals surface area contributed by atoms with E-state index < -0.39 is 24.1 Å². The highest BCUT2D eigenvalue weighted by Gasteiger charge is 2.30. The number of likely N-dealkylation sites (N-methyl/N-ethyl adjacent to an activating group) is 1. The van der Waals surface area contributed by atoms with E-state index in [0.717, 1.165) is 22.3 Å². The van der Waals surface area contributed by atoms with Gasteiger partial charge in [0.1, 0.15) is 12.6 Å². The fraction of sp³-hybridized carbons (Fsp3) is 0.400. The van der Waals surface area contributed by atoms with Crippen LogP contribution in [0.25, 0.3) is 11.1 Å². The number of aliphatic carboxylic acids is 1. The highest BCUT2D eigenvalue weighted by molar-refractivity contribution is 5.84. The lowest BCUT2D eigenvalue weighted by Gasteiger charge is -2.27. The summed E-state index contributed by atoms with van der Waals surface area (Å²) < 4.78 is 5.58. The van der Waals surface area contributed by atoms with Crippen molar-refractivity contribution >= 4 is 18.0 Å². The normalized spacial score (nSPS) is 14.3. The number of alkyl carbamates (subject to hydrolysis) is 1. The number of carbonyl (C=O) groups is 3. The van der Waals surface area contributed by atoms with Gasteiger partial charge in [-0.25, -0.2) is 9.59 Å². The van der Waals surface area contributed by atoms with Gasteiger partial charge < -0.3 is 20.1 Å². The number of carboxylic acid groups (broad SMARTS) is 1. The summed E-state index contributed by atoms with van der Waals surface area (Å²) in [6.07, 6.45) is -0.594. The summed E-state index contributed by atoms with van der Waals surface area (Å²) in [5, 5.41) is 11.9. The quantitative estimate of drug-likeness (QED) is 0.652. The molecule has 2 amide bonds. The molecule has 0 radical (unpaired) electrons. The largest absolute Gasteiger partial charge is 0.480 e. The van der Waals surface area contributed by atoms with Crippen LogP contribution in [0, 0.1) is 5.92 Å². The molecule has 7 heteroatoms. The summed E-state index contributed by atoms with van der Waals surface area (Å²) in [6.45, 7) is 5.42. The first-order valence-electron chi connectivity index (χ1n) is 10.8.